The van der Waals surface area contributed by atoms with Crippen LogP contribution in [0.25, 0.3) is 0 Å². The van der Waals surface area contributed by atoms with E-state index in [1.807, 2.05) is 24.3 Å². The SMILES string of the molecule is [NH2][Co]([NH2])[c]1[c]cccc1. The summed E-state index contributed by atoms with van der Waals surface area (Å²) in [4.78, 5) is 10.8. The first-order chi connectivity index (χ1) is 4.30. The summed E-state index contributed by atoms with van der Waals surface area (Å²) in [5.41, 5.74) is 0. The maximum absolute atomic E-state index is 5.42. The van der Waals surface area contributed by atoms with E-state index in [-0.39, 0.29) is 0 Å². The molecule has 0 bridgehead atoms. The van der Waals surface area contributed by atoms with Crippen LogP contribution in [0.4, 0.5) is 0 Å². The van der Waals surface area contributed by atoms with E-state index in [4.69, 9.17) is 9.56 Å². The number of rotatable bonds is 1. The molecule has 0 aliphatic rings. The third-order valence-corrected chi connectivity index (χ3v) is 1.84. The molecule has 1 rings (SSSR count). The van der Waals surface area contributed by atoms with E-state index in [1.165, 1.54) is 0 Å². The molecule has 1 aromatic carbocycles. The fraction of sp³-hybridized carbons (Fsp3) is 0. The van der Waals surface area contributed by atoms with E-state index in [0.717, 1.165) is 4.50 Å². The van der Waals surface area contributed by atoms with Crippen LogP contribution in [-0.2, 0) is 14.1 Å². The van der Waals surface area contributed by atoms with Crippen molar-refractivity contribution in [3.63, 3.8) is 0 Å². The Morgan fingerprint density at radius 1 is 1.33 bits per heavy atom. The van der Waals surface area contributed by atoms with Crippen LogP contribution >= 0.6 is 0 Å². The Kier molecular flexibility index (Phi) is 2.24. The van der Waals surface area contributed by atoms with Gasteiger partial charge in [-0.3, -0.25) is 0 Å². The van der Waals surface area contributed by atoms with E-state index in [9.17, 15) is 0 Å². The summed E-state index contributed by atoms with van der Waals surface area (Å²) < 4.78 is 0.907. The first-order valence-corrected chi connectivity index (χ1v) is 4.10. The van der Waals surface area contributed by atoms with E-state index in [0.29, 0.717) is 0 Å². The van der Waals surface area contributed by atoms with Crippen molar-refractivity contribution in [2.45, 2.75) is 0 Å². The first-order valence-electron chi connectivity index (χ1n) is 2.38. The van der Waals surface area contributed by atoms with Crippen LogP contribution in [0, 0.1) is 6.07 Å². The predicted molar refractivity (Wildman–Crippen MR) is 33.3 cm³/mol. The van der Waals surface area contributed by atoms with Crippen LogP contribution in [0.15, 0.2) is 24.3 Å². The van der Waals surface area contributed by atoms with Gasteiger partial charge in [0.05, 0.1) is 0 Å². The Labute approximate surface area is 59.0 Å². The molecular weight excluding hydrogens is 159 g/mol. The normalized spacial score (nSPS) is 11.1. The molecule has 1 aromatic rings. The van der Waals surface area contributed by atoms with Crippen molar-refractivity contribution >= 4 is 4.50 Å². The zero-order valence-corrected chi connectivity index (χ0v) is 5.84. The van der Waals surface area contributed by atoms with Crippen molar-refractivity contribution < 1.29 is 14.1 Å². The number of hydrogen-bond donors (Lipinski definition) is 2. The molecule has 0 aliphatic carbocycles. The zero-order chi connectivity index (χ0) is 6.69. The van der Waals surface area contributed by atoms with Gasteiger partial charge in [0.1, 0.15) is 0 Å². The van der Waals surface area contributed by atoms with E-state index < -0.39 is 14.1 Å². The minimum absolute atomic E-state index is 0.907. The Hall–Kier alpha value is -0.354. The molecule has 0 saturated carbocycles. The van der Waals surface area contributed by atoms with Crippen molar-refractivity contribution in [3.8, 4) is 0 Å². The second kappa shape index (κ2) is 2.98. The van der Waals surface area contributed by atoms with Gasteiger partial charge in [-0.2, -0.15) is 0 Å². The van der Waals surface area contributed by atoms with Crippen molar-refractivity contribution in [2.75, 3.05) is 0 Å². The van der Waals surface area contributed by atoms with Gasteiger partial charge in [0, 0.05) is 0 Å². The van der Waals surface area contributed by atoms with Crippen LogP contribution < -0.4 is 14.1 Å². The minimum atomic E-state index is -0.931. The molecule has 0 fully saturated rings. The van der Waals surface area contributed by atoms with Crippen LogP contribution in [0.2, 0.25) is 0 Å². The standard InChI is InChI=1S/C6H4.Co.2H2N/c1-2-4-6-5-3-1;;;/h1-4H;;2*1H2/q;+2;2*-1. The van der Waals surface area contributed by atoms with Crippen molar-refractivity contribution in [1.82, 2.24) is 0 Å². The molecule has 0 saturated heterocycles. The molecule has 3 heteroatoms. The molecule has 0 spiro atoms. The van der Waals surface area contributed by atoms with Gasteiger partial charge < -0.3 is 0 Å². The quantitative estimate of drug-likeness (QED) is 0.591. The molecule has 0 heterocycles. The van der Waals surface area contributed by atoms with Gasteiger partial charge in [-0.1, -0.05) is 0 Å². The summed E-state index contributed by atoms with van der Waals surface area (Å²) in [5.74, 6) is 0. The summed E-state index contributed by atoms with van der Waals surface area (Å²) in [7, 11) is 0. The summed E-state index contributed by atoms with van der Waals surface area (Å²) in [5, 5.41) is 0. The Morgan fingerprint density at radius 2 is 2.11 bits per heavy atom. The molecule has 0 amide bonds. The summed E-state index contributed by atoms with van der Waals surface area (Å²) >= 11 is -0.931. The molecule has 4 N–H and O–H groups in total. The molecule has 1 radical (unpaired) electrons. The summed E-state index contributed by atoms with van der Waals surface area (Å²) in [6.07, 6.45) is 0. The summed E-state index contributed by atoms with van der Waals surface area (Å²) in [6, 6.07) is 10.4. The van der Waals surface area contributed by atoms with Crippen LogP contribution in [0.5, 0.6) is 0 Å². The number of benzene rings is 1. The Morgan fingerprint density at radius 3 is 2.44 bits per heavy atom. The Bertz CT molecular complexity index is 174. The van der Waals surface area contributed by atoms with Gasteiger partial charge in [-0.15, -0.1) is 0 Å². The molecule has 0 atom stereocenters. The van der Waals surface area contributed by atoms with E-state index >= 15 is 0 Å². The van der Waals surface area contributed by atoms with Crippen LogP contribution in [0.3, 0.4) is 0 Å². The molecular formula is C6H8CoN2. The molecule has 0 aromatic heterocycles. The topological polar surface area (TPSA) is 52.0 Å². The van der Waals surface area contributed by atoms with E-state index in [1.54, 1.807) is 0 Å². The second-order valence-electron chi connectivity index (χ2n) is 1.49. The van der Waals surface area contributed by atoms with Gasteiger partial charge in [0.15, 0.2) is 0 Å². The fourth-order valence-electron chi connectivity index (χ4n) is 0.483. The molecule has 9 heavy (non-hydrogen) atoms. The summed E-state index contributed by atoms with van der Waals surface area (Å²) in [6.45, 7) is 0. The zero-order valence-electron chi connectivity index (χ0n) is 4.80. The monoisotopic (exact) mass is 167 g/mol. The van der Waals surface area contributed by atoms with Crippen molar-refractivity contribution in [3.05, 3.63) is 30.3 Å². The molecule has 2 nitrogen and oxygen atoms in total. The number of nitrogens with two attached hydrogens (primary N) is 2. The van der Waals surface area contributed by atoms with Gasteiger partial charge >= 0.3 is 58.5 Å². The third kappa shape index (κ3) is 1.80. The first kappa shape index (κ1) is 6.76. The average molecular weight is 167 g/mol. The molecule has 0 aliphatic heterocycles. The third-order valence-electron chi connectivity index (χ3n) is 0.865. The molecule has 0 unspecified atom stereocenters. The predicted octanol–water partition coefficient (Wildman–Crippen LogP) is -0.522. The Balaban J connectivity index is 2.85. The van der Waals surface area contributed by atoms with Gasteiger partial charge in [0.2, 0.25) is 0 Å². The maximum atomic E-state index is 5.42. The second-order valence-corrected chi connectivity index (χ2v) is 3.00. The van der Waals surface area contributed by atoms with Gasteiger partial charge in [-0.25, -0.2) is 0 Å². The fourth-order valence-corrected chi connectivity index (χ4v) is 1.04. The van der Waals surface area contributed by atoms with Crippen molar-refractivity contribution in [2.24, 2.45) is 9.56 Å². The van der Waals surface area contributed by atoms with Crippen LogP contribution in [-0.4, -0.2) is 0 Å². The molecule has 51 valence electrons. The van der Waals surface area contributed by atoms with Crippen molar-refractivity contribution in [1.29, 1.82) is 0 Å². The van der Waals surface area contributed by atoms with Crippen LogP contribution in [0.1, 0.15) is 0 Å². The van der Waals surface area contributed by atoms with Gasteiger partial charge in [0.25, 0.3) is 0 Å². The van der Waals surface area contributed by atoms with E-state index in [2.05, 4.69) is 6.07 Å². The number of hydrogen-bond acceptors (Lipinski definition) is 2. The average Bonchev–Trinajstić information content (AvgIpc) is 1.90. The van der Waals surface area contributed by atoms with Gasteiger partial charge in [-0.05, 0) is 0 Å².